The molecule has 0 spiro atoms. The summed E-state index contributed by atoms with van der Waals surface area (Å²) in [6, 6.07) is 5.63. The lowest BCUT2D eigenvalue weighted by Gasteiger charge is -2.20. The molecule has 2 N–H and O–H groups in total. The molecule has 0 saturated heterocycles. The van der Waals surface area contributed by atoms with Crippen LogP contribution < -0.4 is 15.4 Å². The van der Waals surface area contributed by atoms with E-state index in [9.17, 15) is 4.79 Å². The van der Waals surface area contributed by atoms with Crippen molar-refractivity contribution in [3.8, 4) is 5.88 Å². The lowest BCUT2D eigenvalue weighted by molar-refractivity contribution is -0.122. The highest BCUT2D eigenvalue weighted by Crippen LogP contribution is 2.06. The van der Waals surface area contributed by atoms with Gasteiger partial charge in [-0.25, -0.2) is 4.98 Å². The van der Waals surface area contributed by atoms with E-state index in [2.05, 4.69) is 15.6 Å². The number of carbonyl (C=O) groups excluding carboxylic acids is 1. The van der Waals surface area contributed by atoms with Crippen LogP contribution in [0.15, 0.2) is 18.2 Å². The number of rotatable bonds is 6. The standard InChI is InChI=1S/C14H23N3O2/c1-14(2,3)17-12(18)8-9-15-10-11-6-5-7-13(16-11)19-4/h5-7,15H,8-10H2,1-4H3,(H,17,18). The van der Waals surface area contributed by atoms with E-state index in [4.69, 9.17) is 4.74 Å². The zero-order valence-electron chi connectivity index (χ0n) is 12.1. The highest BCUT2D eigenvalue weighted by Gasteiger charge is 2.12. The van der Waals surface area contributed by atoms with E-state index in [1.54, 1.807) is 13.2 Å². The van der Waals surface area contributed by atoms with Crippen molar-refractivity contribution in [1.29, 1.82) is 0 Å². The summed E-state index contributed by atoms with van der Waals surface area (Å²) in [4.78, 5) is 15.9. The summed E-state index contributed by atoms with van der Waals surface area (Å²) in [6.07, 6.45) is 0.460. The summed E-state index contributed by atoms with van der Waals surface area (Å²) in [5.41, 5.74) is 0.724. The van der Waals surface area contributed by atoms with Crippen LogP contribution in [-0.4, -0.2) is 30.1 Å². The Balaban J connectivity index is 2.25. The zero-order chi connectivity index (χ0) is 14.3. The van der Waals surface area contributed by atoms with Crippen LogP contribution in [0.25, 0.3) is 0 Å². The van der Waals surface area contributed by atoms with E-state index < -0.39 is 0 Å². The van der Waals surface area contributed by atoms with Crippen molar-refractivity contribution in [3.63, 3.8) is 0 Å². The number of ether oxygens (including phenoxy) is 1. The van der Waals surface area contributed by atoms with E-state index in [-0.39, 0.29) is 11.4 Å². The van der Waals surface area contributed by atoms with Crippen LogP contribution in [0.5, 0.6) is 5.88 Å². The lowest BCUT2D eigenvalue weighted by Crippen LogP contribution is -2.41. The Labute approximate surface area is 114 Å². The third-order valence-electron chi connectivity index (χ3n) is 2.34. The Morgan fingerprint density at radius 3 is 2.74 bits per heavy atom. The first kappa shape index (κ1) is 15.4. The molecule has 5 nitrogen and oxygen atoms in total. The summed E-state index contributed by atoms with van der Waals surface area (Å²) < 4.78 is 5.05. The van der Waals surface area contributed by atoms with Gasteiger partial charge in [0, 0.05) is 31.1 Å². The molecule has 5 heteroatoms. The number of methoxy groups -OCH3 is 1. The fraction of sp³-hybridized carbons (Fsp3) is 0.571. The number of aromatic nitrogens is 1. The molecule has 0 atom stereocenters. The summed E-state index contributed by atoms with van der Waals surface area (Å²) in [6.45, 7) is 7.16. The second kappa shape index (κ2) is 7.09. The van der Waals surface area contributed by atoms with Crippen molar-refractivity contribution in [2.45, 2.75) is 39.3 Å². The Morgan fingerprint density at radius 1 is 1.37 bits per heavy atom. The highest BCUT2D eigenvalue weighted by molar-refractivity contribution is 5.76. The molecule has 0 aromatic carbocycles. The lowest BCUT2D eigenvalue weighted by atomic mass is 10.1. The molecule has 1 aromatic heterocycles. The molecular weight excluding hydrogens is 242 g/mol. The zero-order valence-corrected chi connectivity index (χ0v) is 12.1. The van der Waals surface area contributed by atoms with Gasteiger partial charge in [-0.2, -0.15) is 0 Å². The molecule has 0 aliphatic heterocycles. The smallest absolute Gasteiger partial charge is 0.221 e. The van der Waals surface area contributed by atoms with Gasteiger partial charge in [0.05, 0.1) is 12.8 Å². The van der Waals surface area contributed by atoms with E-state index >= 15 is 0 Å². The van der Waals surface area contributed by atoms with Crippen LogP contribution in [0.1, 0.15) is 32.9 Å². The van der Waals surface area contributed by atoms with Crippen molar-refractivity contribution in [2.24, 2.45) is 0 Å². The topological polar surface area (TPSA) is 63.2 Å². The van der Waals surface area contributed by atoms with Crippen molar-refractivity contribution in [1.82, 2.24) is 15.6 Å². The minimum absolute atomic E-state index is 0.0543. The molecule has 1 heterocycles. The summed E-state index contributed by atoms with van der Waals surface area (Å²) in [5, 5.41) is 6.11. The Kier molecular flexibility index (Phi) is 5.76. The first-order valence-electron chi connectivity index (χ1n) is 6.42. The number of nitrogens with one attached hydrogen (secondary N) is 2. The number of amides is 1. The van der Waals surface area contributed by atoms with Crippen molar-refractivity contribution in [2.75, 3.05) is 13.7 Å². The Morgan fingerprint density at radius 2 is 2.11 bits per heavy atom. The predicted octanol–water partition coefficient (Wildman–Crippen LogP) is 1.48. The molecule has 1 aromatic rings. The number of hydrogen-bond acceptors (Lipinski definition) is 4. The fourth-order valence-corrected chi connectivity index (χ4v) is 1.57. The van der Waals surface area contributed by atoms with E-state index in [1.165, 1.54) is 0 Å². The normalized spacial score (nSPS) is 11.2. The monoisotopic (exact) mass is 265 g/mol. The van der Waals surface area contributed by atoms with Gasteiger partial charge < -0.3 is 15.4 Å². The van der Waals surface area contributed by atoms with E-state index in [0.717, 1.165) is 5.69 Å². The summed E-state index contributed by atoms with van der Waals surface area (Å²) in [5.74, 6) is 0.656. The largest absolute Gasteiger partial charge is 0.481 e. The predicted molar refractivity (Wildman–Crippen MR) is 75.0 cm³/mol. The minimum Gasteiger partial charge on any atom is -0.481 e. The first-order valence-corrected chi connectivity index (χ1v) is 6.42. The van der Waals surface area contributed by atoms with Crippen LogP contribution >= 0.6 is 0 Å². The molecule has 0 radical (unpaired) electrons. The molecule has 106 valence electrons. The van der Waals surface area contributed by atoms with Crippen LogP contribution in [-0.2, 0) is 11.3 Å². The minimum atomic E-state index is -0.175. The fourth-order valence-electron chi connectivity index (χ4n) is 1.57. The quantitative estimate of drug-likeness (QED) is 0.765. The van der Waals surface area contributed by atoms with Crippen LogP contribution in [0.4, 0.5) is 0 Å². The van der Waals surface area contributed by atoms with Gasteiger partial charge in [0.25, 0.3) is 0 Å². The highest BCUT2D eigenvalue weighted by atomic mass is 16.5. The Bertz CT molecular complexity index is 413. The molecule has 0 saturated carbocycles. The van der Waals surface area contributed by atoms with Crippen LogP contribution in [0.2, 0.25) is 0 Å². The maximum Gasteiger partial charge on any atom is 0.221 e. The number of carbonyl (C=O) groups is 1. The van der Waals surface area contributed by atoms with Crippen LogP contribution in [0.3, 0.4) is 0 Å². The van der Waals surface area contributed by atoms with Gasteiger partial charge in [0.2, 0.25) is 11.8 Å². The molecule has 0 aliphatic carbocycles. The average Bonchev–Trinajstić information content (AvgIpc) is 2.33. The van der Waals surface area contributed by atoms with Gasteiger partial charge in [-0.3, -0.25) is 4.79 Å². The maximum atomic E-state index is 11.6. The molecule has 0 aliphatic rings. The molecule has 1 rings (SSSR count). The Hall–Kier alpha value is -1.62. The molecule has 0 unspecified atom stereocenters. The van der Waals surface area contributed by atoms with Crippen molar-refractivity contribution in [3.05, 3.63) is 23.9 Å². The average molecular weight is 265 g/mol. The maximum absolute atomic E-state index is 11.6. The summed E-state index contributed by atoms with van der Waals surface area (Å²) >= 11 is 0. The van der Waals surface area contributed by atoms with Gasteiger partial charge >= 0.3 is 0 Å². The number of nitrogens with zero attached hydrogens (tertiary/aromatic N) is 1. The van der Waals surface area contributed by atoms with E-state index in [0.29, 0.717) is 25.4 Å². The number of hydrogen-bond donors (Lipinski definition) is 2. The SMILES string of the molecule is COc1cccc(CNCCC(=O)NC(C)(C)C)n1. The summed E-state index contributed by atoms with van der Waals surface area (Å²) in [7, 11) is 1.59. The third-order valence-corrected chi connectivity index (χ3v) is 2.34. The van der Waals surface area contributed by atoms with Gasteiger partial charge in [-0.15, -0.1) is 0 Å². The third kappa shape index (κ3) is 6.76. The van der Waals surface area contributed by atoms with Crippen LogP contribution in [0, 0.1) is 0 Å². The molecule has 19 heavy (non-hydrogen) atoms. The van der Waals surface area contributed by atoms with Gasteiger partial charge in [-0.05, 0) is 26.8 Å². The molecule has 0 bridgehead atoms. The van der Waals surface area contributed by atoms with Crippen molar-refractivity contribution >= 4 is 5.91 Å². The first-order chi connectivity index (χ1) is 8.90. The number of pyridine rings is 1. The van der Waals surface area contributed by atoms with Gasteiger partial charge in [0.1, 0.15) is 0 Å². The molecule has 1 amide bonds. The second-order valence-electron chi connectivity index (χ2n) is 5.40. The molecule has 0 fully saturated rings. The van der Waals surface area contributed by atoms with E-state index in [1.807, 2.05) is 32.9 Å². The van der Waals surface area contributed by atoms with Crippen molar-refractivity contribution < 1.29 is 9.53 Å². The second-order valence-corrected chi connectivity index (χ2v) is 5.40. The van der Waals surface area contributed by atoms with Gasteiger partial charge in [0.15, 0.2) is 0 Å². The van der Waals surface area contributed by atoms with Gasteiger partial charge in [-0.1, -0.05) is 6.07 Å². The molecular formula is C14H23N3O2.